The Kier molecular flexibility index (Phi) is 6.54. The smallest absolute Gasteiger partial charge is 0.318 e. The SMILES string of the molecule is Cc1ccc(-n2c(C(C)N(C)C(=O)Nc3ccc(Br)cc3)nc3cc(Cl)ccc3c2=O)cc1. The molecule has 2 amide bonds. The van der Waals surface area contributed by atoms with Crippen molar-refractivity contribution in [3.05, 3.63) is 98.0 Å². The summed E-state index contributed by atoms with van der Waals surface area (Å²) in [6, 6.07) is 19.1. The van der Waals surface area contributed by atoms with Crippen molar-refractivity contribution >= 4 is 50.2 Å². The maximum absolute atomic E-state index is 13.5. The Morgan fingerprint density at radius 3 is 2.42 bits per heavy atom. The molecule has 0 aliphatic carbocycles. The standard InChI is InChI=1S/C25H22BrClN4O2/c1-15-4-11-20(12-5-15)31-23(29-22-14-18(27)8-13-21(22)24(31)32)16(2)30(3)25(33)28-19-9-6-17(26)7-10-19/h4-14,16H,1-3H3,(H,28,33). The second kappa shape index (κ2) is 9.37. The highest BCUT2D eigenvalue weighted by molar-refractivity contribution is 9.10. The first-order valence-electron chi connectivity index (χ1n) is 10.3. The summed E-state index contributed by atoms with van der Waals surface area (Å²) in [6.45, 7) is 3.82. The summed E-state index contributed by atoms with van der Waals surface area (Å²) in [5, 5.41) is 3.82. The molecule has 168 valence electrons. The molecule has 1 aromatic heterocycles. The molecule has 4 aromatic rings. The number of carbonyl (C=O) groups is 1. The van der Waals surface area contributed by atoms with Crippen molar-refractivity contribution in [3.63, 3.8) is 0 Å². The van der Waals surface area contributed by atoms with Crippen LogP contribution in [-0.2, 0) is 0 Å². The van der Waals surface area contributed by atoms with E-state index in [0.717, 1.165) is 10.0 Å². The van der Waals surface area contributed by atoms with Gasteiger partial charge in [0.25, 0.3) is 5.56 Å². The summed E-state index contributed by atoms with van der Waals surface area (Å²) in [6.07, 6.45) is 0. The Morgan fingerprint density at radius 1 is 1.09 bits per heavy atom. The molecular formula is C25H22BrClN4O2. The van der Waals surface area contributed by atoms with E-state index in [1.807, 2.05) is 50.2 Å². The van der Waals surface area contributed by atoms with Crippen molar-refractivity contribution in [2.75, 3.05) is 12.4 Å². The molecule has 1 N–H and O–H groups in total. The molecule has 8 heteroatoms. The van der Waals surface area contributed by atoms with E-state index in [1.54, 1.807) is 41.9 Å². The zero-order chi connectivity index (χ0) is 23.7. The molecule has 0 saturated carbocycles. The normalized spacial score (nSPS) is 11.9. The maximum Gasteiger partial charge on any atom is 0.322 e. The molecule has 33 heavy (non-hydrogen) atoms. The van der Waals surface area contributed by atoms with Gasteiger partial charge in [-0.05, 0) is 68.4 Å². The van der Waals surface area contributed by atoms with Gasteiger partial charge in [0.05, 0.1) is 22.6 Å². The highest BCUT2D eigenvalue weighted by atomic mass is 79.9. The first kappa shape index (κ1) is 23.0. The van der Waals surface area contributed by atoms with E-state index in [9.17, 15) is 9.59 Å². The van der Waals surface area contributed by atoms with Gasteiger partial charge in [0.15, 0.2) is 0 Å². The van der Waals surface area contributed by atoms with Gasteiger partial charge in [0.2, 0.25) is 0 Å². The number of nitrogens with zero attached hydrogens (tertiary/aromatic N) is 3. The number of benzene rings is 3. The molecule has 0 spiro atoms. The van der Waals surface area contributed by atoms with E-state index in [1.165, 1.54) is 4.90 Å². The minimum Gasteiger partial charge on any atom is -0.318 e. The molecule has 0 bridgehead atoms. The average Bonchev–Trinajstić information content (AvgIpc) is 2.80. The Hall–Kier alpha value is -3.16. The third-order valence-corrected chi connectivity index (χ3v) is 6.28. The quantitative estimate of drug-likeness (QED) is 0.338. The van der Waals surface area contributed by atoms with Crippen molar-refractivity contribution in [2.24, 2.45) is 0 Å². The van der Waals surface area contributed by atoms with Gasteiger partial charge in [0, 0.05) is 22.2 Å². The van der Waals surface area contributed by atoms with Crippen LogP contribution in [0, 0.1) is 6.92 Å². The van der Waals surface area contributed by atoms with Gasteiger partial charge in [0.1, 0.15) is 5.82 Å². The van der Waals surface area contributed by atoms with Gasteiger partial charge >= 0.3 is 6.03 Å². The van der Waals surface area contributed by atoms with Crippen molar-refractivity contribution < 1.29 is 4.79 Å². The summed E-state index contributed by atoms with van der Waals surface area (Å²) in [5.74, 6) is 0.437. The number of aryl methyl sites for hydroxylation is 1. The van der Waals surface area contributed by atoms with Gasteiger partial charge in [-0.25, -0.2) is 9.78 Å². The number of anilines is 1. The number of hydrogen-bond donors (Lipinski definition) is 1. The van der Waals surface area contributed by atoms with Crippen molar-refractivity contribution in [2.45, 2.75) is 19.9 Å². The number of halogens is 2. The summed E-state index contributed by atoms with van der Waals surface area (Å²) in [5.41, 5.74) is 2.69. The lowest BCUT2D eigenvalue weighted by Crippen LogP contribution is -2.37. The largest absolute Gasteiger partial charge is 0.322 e. The van der Waals surface area contributed by atoms with Crippen LogP contribution >= 0.6 is 27.5 Å². The maximum atomic E-state index is 13.5. The monoisotopic (exact) mass is 524 g/mol. The second-order valence-corrected chi connectivity index (χ2v) is 9.18. The fraction of sp³-hybridized carbons (Fsp3) is 0.160. The molecule has 3 aromatic carbocycles. The summed E-state index contributed by atoms with van der Waals surface area (Å²) in [4.78, 5) is 32.8. The fourth-order valence-electron chi connectivity index (χ4n) is 3.49. The second-order valence-electron chi connectivity index (χ2n) is 7.83. The molecule has 1 atom stereocenters. The molecule has 4 rings (SSSR count). The number of carbonyl (C=O) groups excluding carboxylic acids is 1. The lowest BCUT2D eigenvalue weighted by molar-refractivity contribution is 0.205. The Balaban J connectivity index is 1.79. The van der Waals surface area contributed by atoms with Crippen molar-refractivity contribution in [1.29, 1.82) is 0 Å². The highest BCUT2D eigenvalue weighted by Gasteiger charge is 2.24. The molecule has 0 saturated heterocycles. The number of fused-ring (bicyclic) bond motifs is 1. The predicted octanol–water partition coefficient (Wildman–Crippen LogP) is 6.33. The van der Waals surface area contributed by atoms with Crippen LogP contribution in [0.2, 0.25) is 5.02 Å². The lowest BCUT2D eigenvalue weighted by Gasteiger charge is -2.27. The van der Waals surface area contributed by atoms with E-state index >= 15 is 0 Å². The zero-order valence-electron chi connectivity index (χ0n) is 18.3. The third-order valence-electron chi connectivity index (χ3n) is 5.52. The fourth-order valence-corrected chi connectivity index (χ4v) is 3.92. The van der Waals surface area contributed by atoms with Crippen LogP contribution in [0.5, 0.6) is 0 Å². The van der Waals surface area contributed by atoms with Crippen LogP contribution in [0.3, 0.4) is 0 Å². The van der Waals surface area contributed by atoms with E-state index in [2.05, 4.69) is 21.2 Å². The molecule has 0 fully saturated rings. The molecule has 6 nitrogen and oxygen atoms in total. The number of nitrogens with one attached hydrogen (secondary N) is 1. The van der Waals surface area contributed by atoms with E-state index in [4.69, 9.17) is 16.6 Å². The number of urea groups is 1. The molecule has 1 unspecified atom stereocenters. The molecule has 0 radical (unpaired) electrons. The number of hydrogen-bond acceptors (Lipinski definition) is 3. The van der Waals surface area contributed by atoms with Crippen LogP contribution in [-0.4, -0.2) is 27.5 Å². The first-order valence-corrected chi connectivity index (χ1v) is 11.5. The van der Waals surface area contributed by atoms with E-state index in [-0.39, 0.29) is 11.6 Å². The van der Waals surface area contributed by atoms with Gasteiger partial charge in [-0.3, -0.25) is 9.36 Å². The molecule has 0 aliphatic rings. The van der Waals surface area contributed by atoms with E-state index in [0.29, 0.717) is 33.1 Å². The number of aromatic nitrogens is 2. The summed E-state index contributed by atoms with van der Waals surface area (Å²) < 4.78 is 2.48. The van der Waals surface area contributed by atoms with Crippen molar-refractivity contribution in [3.8, 4) is 5.69 Å². The molecule has 0 aliphatic heterocycles. The summed E-state index contributed by atoms with van der Waals surface area (Å²) >= 11 is 9.55. The van der Waals surface area contributed by atoms with Crippen LogP contribution in [0.25, 0.3) is 16.6 Å². The van der Waals surface area contributed by atoms with Crippen molar-refractivity contribution in [1.82, 2.24) is 14.5 Å². The topological polar surface area (TPSA) is 67.2 Å². The Labute approximate surface area is 205 Å². The Morgan fingerprint density at radius 2 is 1.76 bits per heavy atom. The van der Waals surface area contributed by atoms with Crippen LogP contribution in [0.1, 0.15) is 24.4 Å². The molecule has 1 heterocycles. The van der Waals surface area contributed by atoms with E-state index < -0.39 is 6.04 Å². The predicted molar refractivity (Wildman–Crippen MR) is 136 cm³/mol. The minimum atomic E-state index is -0.516. The zero-order valence-corrected chi connectivity index (χ0v) is 20.7. The van der Waals surface area contributed by atoms with Gasteiger partial charge < -0.3 is 10.2 Å². The van der Waals surface area contributed by atoms with Crippen LogP contribution in [0.15, 0.2) is 76.0 Å². The molecular weight excluding hydrogens is 504 g/mol. The van der Waals surface area contributed by atoms with Gasteiger partial charge in [-0.15, -0.1) is 0 Å². The van der Waals surface area contributed by atoms with Crippen LogP contribution in [0.4, 0.5) is 10.5 Å². The number of amides is 2. The van der Waals surface area contributed by atoms with Gasteiger partial charge in [-0.2, -0.15) is 0 Å². The third kappa shape index (κ3) is 4.79. The minimum absolute atomic E-state index is 0.218. The van der Waals surface area contributed by atoms with Gasteiger partial charge in [-0.1, -0.05) is 45.2 Å². The lowest BCUT2D eigenvalue weighted by atomic mass is 10.1. The first-order chi connectivity index (χ1) is 15.7. The highest BCUT2D eigenvalue weighted by Crippen LogP contribution is 2.24. The van der Waals surface area contributed by atoms with Crippen LogP contribution < -0.4 is 10.9 Å². The summed E-state index contributed by atoms with van der Waals surface area (Å²) in [7, 11) is 1.67. The average molecular weight is 526 g/mol. The Bertz CT molecular complexity index is 1380. The number of rotatable bonds is 4.